The van der Waals surface area contributed by atoms with Crippen molar-refractivity contribution in [3.63, 3.8) is 0 Å². The molecule has 0 N–H and O–H groups in total. The molecule has 1 aliphatic heterocycles. The summed E-state index contributed by atoms with van der Waals surface area (Å²) in [6.07, 6.45) is 4.01. The standard InChI is InChI=1S/C16H21Cl2N3/c1-12(17)16-19-14-11-13(18)5-6-15(14)21(16)10-9-20-7-3-2-4-8-20/h5-6,11-12H,2-4,7-10H2,1H3. The van der Waals surface area contributed by atoms with E-state index in [1.165, 1.54) is 32.4 Å². The zero-order valence-electron chi connectivity index (χ0n) is 12.4. The lowest BCUT2D eigenvalue weighted by Gasteiger charge is -2.27. The minimum atomic E-state index is -0.0995. The summed E-state index contributed by atoms with van der Waals surface area (Å²) in [5.41, 5.74) is 2.06. The molecule has 1 fully saturated rings. The number of likely N-dealkylation sites (tertiary alicyclic amines) is 1. The molecule has 3 rings (SSSR count). The van der Waals surface area contributed by atoms with Gasteiger partial charge in [-0.15, -0.1) is 11.6 Å². The fourth-order valence-corrected chi connectivity index (χ4v) is 3.42. The molecule has 3 nitrogen and oxygen atoms in total. The Kier molecular flexibility index (Phi) is 4.72. The molecule has 0 spiro atoms. The summed E-state index contributed by atoms with van der Waals surface area (Å²) in [7, 11) is 0. The molecule has 5 heteroatoms. The lowest BCUT2D eigenvalue weighted by atomic mass is 10.1. The third kappa shape index (κ3) is 3.36. The summed E-state index contributed by atoms with van der Waals surface area (Å²) in [4.78, 5) is 7.20. The van der Waals surface area contributed by atoms with Crippen molar-refractivity contribution >= 4 is 34.2 Å². The molecule has 1 unspecified atom stereocenters. The Morgan fingerprint density at radius 2 is 1.95 bits per heavy atom. The van der Waals surface area contributed by atoms with Gasteiger partial charge in [-0.25, -0.2) is 4.98 Å². The second-order valence-corrected chi connectivity index (χ2v) is 6.86. The van der Waals surface area contributed by atoms with Crippen LogP contribution < -0.4 is 0 Å². The summed E-state index contributed by atoms with van der Waals surface area (Å²) in [6, 6.07) is 5.88. The van der Waals surface area contributed by atoms with Gasteiger partial charge in [0.1, 0.15) is 5.82 Å². The number of nitrogens with zero attached hydrogens (tertiary/aromatic N) is 3. The van der Waals surface area contributed by atoms with Gasteiger partial charge < -0.3 is 9.47 Å². The van der Waals surface area contributed by atoms with E-state index in [0.29, 0.717) is 0 Å². The number of benzene rings is 1. The van der Waals surface area contributed by atoms with Crippen LogP contribution in [0.2, 0.25) is 5.02 Å². The van der Waals surface area contributed by atoms with E-state index in [0.717, 1.165) is 35.0 Å². The van der Waals surface area contributed by atoms with Gasteiger partial charge in [0.2, 0.25) is 0 Å². The molecule has 2 aromatic rings. The lowest BCUT2D eigenvalue weighted by Crippen LogP contribution is -2.32. The van der Waals surface area contributed by atoms with Gasteiger partial charge >= 0.3 is 0 Å². The van der Waals surface area contributed by atoms with Gasteiger partial charge in [-0.1, -0.05) is 18.0 Å². The molecule has 114 valence electrons. The van der Waals surface area contributed by atoms with Gasteiger partial charge in [0.25, 0.3) is 0 Å². The van der Waals surface area contributed by atoms with E-state index in [1.54, 1.807) is 0 Å². The summed E-state index contributed by atoms with van der Waals surface area (Å²) >= 11 is 12.4. The number of imidazole rings is 1. The maximum absolute atomic E-state index is 6.31. The Bertz CT molecular complexity index is 615. The molecule has 1 aromatic heterocycles. The Hall–Kier alpha value is -0.770. The molecule has 21 heavy (non-hydrogen) atoms. The second-order valence-electron chi connectivity index (χ2n) is 5.77. The molecule has 0 radical (unpaired) electrons. The highest BCUT2D eigenvalue weighted by atomic mass is 35.5. The summed E-state index contributed by atoms with van der Waals surface area (Å²) in [5.74, 6) is 0.936. The van der Waals surface area contributed by atoms with E-state index in [9.17, 15) is 0 Å². The summed E-state index contributed by atoms with van der Waals surface area (Å²) < 4.78 is 2.25. The van der Waals surface area contributed by atoms with Crippen LogP contribution >= 0.6 is 23.2 Å². The number of halogens is 2. The molecule has 1 aromatic carbocycles. The first-order valence-corrected chi connectivity index (χ1v) is 8.48. The Morgan fingerprint density at radius 3 is 2.67 bits per heavy atom. The van der Waals surface area contributed by atoms with Crippen LogP contribution in [0.5, 0.6) is 0 Å². The average Bonchev–Trinajstić information content (AvgIpc) is 2.84. The molecule has 0 saturated carbocycles. The highest BCUT2D eigenvalue weighted by Crippen LogP contribution is 2.26. The van der Waals surface area contributed by atoms with Crippen molar-refractivity contribution in [2.24, 2.45) is 0 Å². The molecular formula is C16H21Cl2N3. The van der Waals surface area contributed by atoms with Crippen LogP contribution in [-0.2, 0) is 6.54 Å². The number of fused-ring (bicyclic) bond motifs is 1. The van der Waals surface area contributed by atoms with Gasteiger partial charge in [0, 0.05) is 18.1 Å². The molecule has 0 aliphatic carbocycles. The summed E-state index contributed by atoms with van der Waals surface area (Å²) in [5, 5.41) is 0.620. The second kappa shape index (κ2) is 6.55. The van der Waals surface area contributed by atoms with Crippen LogP contribution in [0.15, 0.2) is 18.2 Å². The SMILES string of the molecule is CC(Cl)c1nc2cc(Cl)ccc2n1CCN1CCCCC1. The monoisotopic (exact) mass is 325 g/mol. The van der Waals surface area contributed by atoms with Crippen LogP contribution in [-0.4, -0.2) is 34.1 Å². The number of piperidine rings is 1. The minimum absolute atomic E-state index is 0.0995. The quantitative estimate of drug-likeness (QED) is 0.773. The smallest absolute Gasteiger partial charge is 0.127 e. The number of hydrogen-bond donors (Lipinski definition) is 0. The summed E-state index contributed by atoms with van der Waals surface area (Å²) in [6.45, 7) is 6.39. The topological polar surface area (TPSA) is 21.1 Å². The normalized spacial score (nSPS) is 18.2. The molecule has 0 bridgehead atoms. The van der Waals surface area contributed by atoms with Crippen LogP contribution in [0.4, 0.5) is 0 Å². The molecular weight excluding hydrogens is 305 g/mol. The highest BCUT2D eigenvalue weighted by molar-refractivity contribution is 6.31. The predicted octanol–water partition coefficient (Wildman–Crippen LogP) is 4.48. The van der Waals surface area contributed by atoms with E-state index < -0.39 is 0 Å². The molecule has 2 heterocycles. The minimum Gasteiger partial charge on any atom is -0.325 e. The predicted molar refractivity (Wildman–Crippen MR) is 89.3 cm³/mol. The van der Waals surface area contributed by atoms with Gasteiger partial charge in [0.15, 0.2) is 0 Å². The maximum Gasteiger partial charge on any atom is 0.127 e. The highest BCUT2D eigenvalue weighted by Gasteiger charge is 2.17. The third-order valence-electron chi connectivity index (χ3n) is 4.18. The zero-order valence-corrected chi connectivity index (χ0v) is 13.9. The molecule has 1 saturated heterocycles. The van der Waals surface area contributed by atoms with Crippen LogP contribution in [0.3, 0.4) is 0 Å². The molecule has 0 amide bonds. The van der Waals surface area contributed by atoms with Gasteiger partial charge in [-0.3, -0.25) is 0 Å². The van der Waals surface area contributed by atoms with Crippen molar-refractivity contribution < 1.29 is 0 Å². The third-order valence-corrected chi connectivity index (χ3v) is 4.61. The van der Waals surface area contributed by atoms with E-state index in [2.05, 4.69) is 14.5 Å². The van der Waals surface area contributed by atoms with Gasteiger partial charge in [0.05, 0.1) is 16.4 Å². The Balaban J connectivity index is 1.86. The van der Waals surface area contributed by atoms with Crippen molar-refractivity contribution in [3.8, 4) is 0 Å². The van der Waals surface area contributed by atoms with Gasteiger partial charge in [-0.05, 0) is 51.1 Å². The van der Waals surface area contributed by atoms with E-state index >= 15 is 0 Å². The van der Waals surface area contributed by atoms with Crippen LogP contribution in [0, 0.1) is 0 Å². The van der Waals surface area contributed by atoms with E-state index in [4.69, 9.17) is 23.2 Å². The molecule has 1 aliphatic rings. The first kappa shape index (κ1) is 15.1. The van der Waals surface area contributed by atoms with E-state index in [1.807, 2.05) is 25.1 Å². The van der Waals surface area contributed by atoms with E-state index in [-0.39, 0.29) is 5.38 Å². The fourth-order valence-electron chi connectivity index (χ4n) is 3.08. The first-order valence-electron chi connectivity index (χ1n) is 7.67. The largest absolute Gasteiger partial charge is 0.325 e. The van der Waals surface area contributed by atoms with Crippen molar-refractivity contribution in [2.45, 2.75) is 38.1 Å². The zero-order chi connectivity index (χ0) is 14.8. The van der Waals surface area contributed by atoms with Crippen molar-refractivity contribution in [1.82, 2.24) is 14.5 Å². The van der Waals surface area contributed by atoms with Crippen molar-refractivity contribution in [1.29, 1.82) is 0 Å². The lowest BCUT2D eigenvalue weighted by molar-refractivity contribution is 0.221. The van der Waals surface area contributed by atoms with Crippen LogP contribution in [0.1, 0.15) is 37.4 Å². The van der Waals surface area contributed by atoms with Crippen molar-refractivity contribution in [3.05, 3.63) is 29.0 Å². The molecule has 1 atom stereocenters. The Morgan fingerprint density at radius 1 is 1.19 bits per heavy atom. The number of hydrogen-bond acceptors (Lipinski definition) is 2. The number of aromatic nitrogens is 2. The number of rotatable bonds is 4. The first-order chi connectivity index (χ1) is 10.1. The average molecular weight is 326 g/mol. The number of alkyl halides is 1. The van der Waals surface area contributed by atoms with Crippen LogP contribution in [0.25, 0.3) is 11.0 Å². The maximum atomic E-state index is 6.31. The Labute approximate surface area is 135 Å². The van der Waals surface area contributed by atoms with Gasteiger partial charge in [-0.2, -0.15) is 0 Å². The van der Waals surface area contributed by atoms with Crippen molar-refractivity contribution in [2.75, 3.05) is 19.6 Å². The fraction of sp³-hybridized carbons (Fsp3) is 0.562.